The van der Waals surface area contributed by atoms with Crippen LogP contribution in [-0.4, -0.2) is 17.9 Å². The molecule has 22 heavy (non-hydrogen) atoms. The molecule has 3 nitrogen and oxygen atoms in total. The lowest BCUT2D eigenvalue weighted by Crippen LogP contribution is -2.27. The maximum atomic E-state index is 12.2. The highest BCUT2D eigenvalue weighted by Crippen LogP contribution is 2.23. The normalized spacial score (nSPS) is 18.5. The van der Waals surface area contributed by atoms with Gasteiger partial charge >= 0.3 is 5.97 Å². The fourth-order valence-electron chi connectivity index (χ4n) is 3.06. The zero-order valence-electron chi connectivity index (χ0n) is 14.6. The summed E-state index contributed by atoms with van der Waals surface area (Å²) in [5, 5.41) is 0. The topological polar surface area (TPSA) is 43.4 Å². The Morgan fingerprint density at radius 1 is 1.05 bits per heavy atom. The van der Waals surface area contributed by atoms with Gasteiger partial charge in [-0.3, -0.25) is 4.79 Å². The highest BCUT2D eigenvalue weighted by molar-refractivity contribution is 6.18. The fourth-order valence-corrected chi connectivity index (χ4v) is 3.06. The van der Waals surface area contributed by atoms with Crippen LogP contribution in [-0.2, 0) is 14.3 Å². The Bertz CT molecular complexity index is 395. The van der Waals surface area contributed by atoms with E-state index >= 15 is 0 Å². The number of esters is 1. The molecule has 1 aliphatic heterocycles. The third kappa shape index (κ3) is 6.76. The number of rotatable bonds is 11. The Balaban J connectivity index is 2.16. The minimum Gasteiger partial charge on any atom is -0.459 e. The van der Waals surface area contributed by atoms with E-state index in [1.54, 1.807) is 0 Å². The number of ketones is 1. The molecule has 0 radical (unpaired) electrons. The summed E-state index contributed by atoms with van der Waals surface area (Å²) in [7, 11) is 0. The van der Waals surface area contributed by atoms with Crippen LogP contribution in [0.25, 0.3) is 0 Å². The molecule has 126 valence electrons. The van der Waals surface area contributed by atoms with Crippen molar-refractivity contribution in [3.63, 3.8) is 0 Å². The molecule has 0 bridgehead atoms. The molecule has 0 aromatic heterocycles. The molecule has 0 aromatic rings. The first-order valence-corrected chi connectivity index (χ1v) is 9.00. The monoisotopic (exact) mass is 308 g/mol. The van der Waals surface area contributed by atoms with Crippen molar-refractivity contribution in [3.8, 4) is 0 Å². The predicted octanol–water partition coefficient (Wildman–Crippen LogP) is 5.13. The molecule has 1 aliphatic rings. The van der Waals surface area contributed by atoms with Gasteiger partial charge < -0.3 is 4.74 Å². The van der Waals surface area contributed by atoms with Crippen LogP contribution >= 0.6 is 0 Å². The van der Waals surface area contributed by atoms with Gasteiger partial charge in [0, 0.05) is 12.8 Å². The van der Waals surface area contributed by atoms with Gasteiger partial charge in [-0.05, 0) is 20.3 Å². The second kappa shape index (κ2) is 10.6. The van der Waals surface area contributed by atoms with Crippen LogP contribution in [0, 0.1) is 0 Å². The van der Waals surface area contributed by atoms with E-state index in [1.165, 1.54) is 44.9 Å². The Morgan fingerprint density at radius 3 is 2.14 bits per heavy atom. The van der Waals surface area contributed by atoms with Gasteiger partial charge in [0.25, 0.3) is 0 Å². The quantitative estimate of drug-likeness (QED) is 0.302. The van der Waals surface area contributed by atoms with Gasteiger partial charge in [-0.15, -0.1) is 0 Å². The van der Waals surface area contributed by atoms with Gasteiger partial charge in [-0.25, -0.2) is 4.79 Å². The lowest BCUT2D eigenvalue weighted by atomic mass is 9.95. The molecule has 0 aromatic carbocycles. The average molecular weight is 308 g/mol. The molecule has 0 amide bonds. The smallest absolute Gasteiger partial charge is 0.341 e. The third-order valence-electron chi connectivity index (χ3n) is 4.32. The van der Waals surface area contributed by atoms with Crippen LogP contribution in [0.15, 0.2) is 11.1 Å². The first-order chi connectivity index (χ1) is 10.6. The predicted molar refractivity (Wildman–Crippen MR) is 89.7 cm³/mol. The molecule has 0 fully saturated rings. The summed E-state index contributed by atoms with van der Waals surface area (Å²) in [6.07, 6.45) is 12.1. The van der Waals surface area contributed by atoms with Gasteiger partial charge in [0.05, 0.1) is 0 Å². The van der Waals surface area contributed by atoms with Crippen molar-refractivity contribution in [2.75, 3.05) is 0 Å². The number of carbonyl (C=O) groups is 2. The summed E-state index contributed by atoms with van der Waals surface area (Å²) in [5.74, 6) is -0.450. The van der Waals surface area contributed by atoms with E-state index < -0.39 is 5.97 Å². The third-order valence-corrected chi connectivity index (χ3v) is 4.32. The SMILES string of the molecule is CCCCCCCCCCCC(=O)C1=C(C)CC(C)OC1=O. The number of Topliss-reactive ketones (excluding diaryl/α,β-unsaturated/α-hetero) is 1. The highest BCUT2D eigenvalue weighted by Gasteiger charge is 2.28. The first-order valence-electron chi connectivity index (χ1n) is 9.00. The maximum Gasteiger partial charge on any atom is 0.341 e. The van der Waals surface area contributed by atoms with E-state index in [0.717, 1.165) is 18.4 Å². The lowest BCUT2D eigenvalue weighted by Gasteiger charge is -2.22. The molecule has 0 saturated carbocycles. The van der Waals surface area contributed by atoms with Crippen molar-refractivity contribution in [2.24, 2.45) is 0 Å². The van der Waals surface area contributed by atoms with E-state index in [9.17, 15) is 9.59 Å². The van der Waals surface area contributed by atoms with Crippen molar-refractivity contribution in [1.29, 1.82) is 0 Å². The van der Waals surface area contributed by atoms with E-state index in [4.69, 9.17) is 4.74 Å². The fraction of sp³-hybridized carbons (Fsp3) is 0.789. The highest BCUT2D eigenvalue weighted by atomic mass is 16.5. The number of carbonyl (C=O) groups excluding carboxylic acids is 2. The van der Waals surface area contributed by atoms with Gasteiger partial charge in [0.15, 0.2) is 5.78 Å². The first kappa shape index (κ1) is 18.9. The molecule has 1 unspecified atom stereocenters. The van der Waals surface area contributed by atoms with Gasteiger partial charge in [0.1, 0.15) is 11.7 Å². The number of ether oxygens (including phenoxy) is 1. The van der Waals surface area contributed by atoms with Crippen LogP contribution in [0.5, 0.6) is 0 Å². The summed E-state index contributed by atoms with van der Waals surface area (Å²) in [4.78, 5) is 24.0. The van der Waals surface area contributed by atoms with E-state index in [-0.39, 0.29) is 11.9 Å². The second-order valence-electron chi connectivity index (χ2n) is 6.58. The minimum atomic E-state index is -0.419. The second-order valence-corrected chi connectivity index (χ2v) is 6.58. The summed E-state index contributed by atoms with van der Waals surface area (Å²) >= 11 is 0. The number of cyclic esters (lactones) is 1. The van der Waals surface area contributed by atoms with Crippen molar-refractivity contribution >= 4 is 11.8 Å². The van der Waals surface area contributed by atoms with Crippen LogP contribution in [0.2, 0.25) is 0 Å². The summed E-state index contributed by atoms with van der Waals surface area (Å²) in [6.45, 7) is 5.97. The number of hydrogen-bond donors (Lipinski definition) is 0. The van der Waals surface area contributed by atoms with Crippen LogP contribution < -0.4 is 0 Å². The molecule has 0 spiro atoms. The molecular formula is C19H32O3. The van der Waals surface area contributed by atoms with Crippen molar-refractivity contribution in [3.05, 3.63) is 11.1 Å². The van der Waals surface area contributed by atoms with Crippen LogP contribution in [0.4, 0.5) is 0 Å². The summed E-state index contributed by atoms with van der Waals surface area (Å²) in [6, 6.07) is 0. The molecule has 1 heterocycles. The standard InChI is InChI=1S/C19H32O3/c1-4-5-6-7-8-9-10-11-12-13-17(20)18-15(2)14-16(3)22-19(18)21/h16H,4-14H2,1-3H3. The Kier molecular flexibility index (Phi) is 9.10. The van der Waals surface area contributed by atoms with Crippen molar-refractivity contribution in [2.45, 2.75) is 97.5 Å². The molecule has 3 heteroatoms. The van der Waals surface area contributed by atoms with E-state index in [2.05, 4.69) is 6.92 Å². The Hall–Kier alpha value is -1.12. The summed E-state index contributed by atoms with van der Waals surface area (Å²) < 4.78 is 5.16. The van der Waals surface area contributed by atoms with Crippen LogP contribution in [0.1, 0.15) is 91.4 Å². The molecule has 0 saturated heterocycles. The van der Waals surface area contributed by atoms with E-state index in [1.807, 2.05) is 13.8 Å². The molecule has 1 rings (SSSR count). The van der Waals surface area contributed by atoms with Gasteiger partial charge in [-0.1, -0.05) is 63.9 Å². The molecular weight excluding hydrogens is 276 g/mol. The molecule has 0 N–H and O–H groups in total. The van der Waals surface area contributed by atoms with E-state index in [0.29, 0.717) is 18.4 Å². The Labute approximate surface area is 135 Å². The largest absolute Gasteiger partial charge is 0.459 e. The zero-order valence-corrected chi connectivity index (χ0v) is 14.6. The van der Waals surface area contributed by atoms with Crippen LogP contribution in [0.3, 0.4) is 0 Å². The maximum absolute atomic E-state index is 12.2. The van der Waals surface area contributed by atoms with Crippen molar-refractivity contribution in [1.82, 2.24) is 0 Å². The number of unbranched alkanes of at least 4 members (excludes halogenated alkanes) is 8. The average Bonchev–Trinajstić information content (AvgIpc) is 2.44. The zero-order chi connectivity index (χ0) is 16.4. The molecule has 0 aliphatic carbocycles. The molecule has 1 atom stereocenters. The van der Waals surface area contributed by atoms with Crippen molar-refractivity contribution < 1.29 is 14.3 Å². The number of hydrogen-bond acceptors (Lipinski definition) is 3. The lowest BCUT2D eigenvalue weighted by molar-refractivity contribution is -0.146. The Morgan fingerprint density at radius 2 is 1.59 bits per heavy atom. The summed E-state index contributed by atoms with van der Waals surface area (Å²) in [5.41, 5.74) is 1.21. The van der Waals surface area contributed by atoms with Gasteiger partial charge in [-0.2, -0.15) is 0 Å². The minimum absolute atomic E-state index is 0.0302. The van der Waals surface area contributed by atoms with Gasteiger partial charge in [0.2, 0.25) is 0 Å².